The fourth-order valence-electron chi connectivity index (χ4n) is 1.25. The van der Waals surface area contributed by atoms with Crippen LogP contribution in [-0.2, 0) is 0 Å². The molecular weight excluding hydrogens is 306 g/mol. The van der Waals surface area contributed by atoms with E-state index in [4.69, 9.17) is 5.73 Å². The van der Waals surface area contributed by atoms with Gasteiger partial charge in [0.05, 0.1) is 0 Å². The van der Waals surface area contributed by atoms with Crippen molar-refractivity contribution in [1.29, 1.82) is 0 Å². The highest BCUT2D eigenvalue weighted by Crippen LogP contribution is 2.29. The van der Waals surface area contributed by atoms with Crippen LogP contribution >= 0.6 is 28.3 Å². The molecule has 0 aromatic heterocycles. The molecule has 1 atom stereocenters. The first-order valence-corrected chi connectivity index (χ1v) is 5.26. The van der Waals surface area contributed by atoms with Crippen LogP contribution in [0.3, 0.4) is 0 Å². The smallest absolute Gasteiger partial charge is 0.324 e. The van der Waals surface area contributed by atoms with E-state index < -0.39 is 18.6 Å². The fourth-order valence-corrected chi connectivity index (χ4v) is 1.83. The maximum absolute atomic E-state index is 12.0. The molecule has 0 bridgehead atoms. The lowest BCUT2D eigenvalue weighted by Gasteiger charge is -2.14. The molecule has 16 heavy (non-hydrogen) atoms. The summed E-state index contributed by atoms with van der Waals surface area (Å²) in [5.41, 5.74) is 6.38. The van der Waals surface area contributed by atoms with Crippen LogP contribution in [0, 0.1) is 0 Å². The van der Waals surface area contributed by atoms with Gasteiger partial charge in [-0.25, -0.2) is 0 Å². The summed E-state index contributed by atoms with van der Waals surface area (Å²) in [4.78, 5) is 0. The highest BCUT2D eigenvalue weighted by Gasteiger charge is 2.28. The van der Waals surface area contributed by atoms with E-state index in [0.717, 1.165) is 4.47 Å². The number of halogens is 5. The van der Waals surface area contributed by atoms with Crippen molar-refractivity contribution in [2.45, 2.75) is 25.1 Å². The summed E-state index contributed by atoms with van der Waals surface area (Å²) in [6.45, 7) is 0. The maximum atomic E-state index is 12.0. The monoisotopic (exact) mass is 317 g/mol. The van der Waals surface area contributed by atoms with Crippen molar-refractivity contribution in [3.8, 4) is 0 Å². The van der Waals surface area contributed by atoms with E-state index in [1.165, 1.54) is 0 Å². The first-order valence-electron chi connectivity index (χ1n) is 4.47. The summed E-state index contributed by atoms with van der Waals surface area (Å²) in [6, 6.07) is 6.47. The Hall–Kier alpha value is -0.260. The van der Waals surface area contributed by atoms with E-state index in [1.54, 1.807) is 24.3 Å². The number of nitrogens with two attached hydrogens (primary N) is 1. The topological polar surface area (TPSA) is 26.0 Å². The lowest BCUT2D eigenvalue weighted by atomic mass is 10.0. The highest BCUT2D eigenvalue weighted by atomic mass is 79.9. The molecule has 1 rings (SSSR count). The third-order valence-corrected chi connectivity index (χ3v) is 2.77. The number of rotatable bonds is 3. The van der Waals surface area contributed by atoms with Gasteiger partial charge in [0.15, 0.2) is 0 Å². The molecule has 0 unspecified atom stereocenters. The first kappa shape index (κ1) is 15.7. The summed E-state index contributed by atoms with van der Waals surface area (Å²) in [6.07, 6.45) is -5.08. The van der Waals surface area contributed by atoms with Gasteiger partial charge >= 0.3 is 6.18 Å². The van der Waals surface area contributed by atoms with Gasteiger partial charge in [-0.1, -0.05) is 34.1 Å². The lowest BCUT2D eigenvalue weighted by molar-refractivity contribution is -0.136. The zero-order valence-corrected chi connectivity index (χ0v) is 10.7. The van der Waals surface area contributed by atoms with Crippen LogP contribution in [0.15, 0.2) is 28.7 Å². The third-order valence-electron chi connectivity index (χ3n) is 2.04. The van der Waals surface area contributed by atoms with Crippen molar-refractivity contribution >= 4 is 28.3 Å². The highest BCUT2D eigenvalue weighted by molar-refractivity contribution is 9.10. The molecule has 0 fully saturated rings. The van der Waals surface area contributed by atoms with Crippen molar-refractivity contribution < 1.29 is 13.2 Å². The van der Waals surface area contributed by atoms with Crippen LogP contribution < -0.4 is 5.73 Å². The van der Waals surface area contributed by atoms with Crippen molar-refractivity contribution in [3.05, 3.63) is 34.3 Å². The molecule has 0 aliphatic rings. The van der Waals surface area contributed by atoms with Gasteiger partial charge in [0.1, 0.15) is 0 Å². The average molecular weight is 319 g/mol. The van der Waals surface area contributed by atoms with Crippen LogP contribution in [-0.4, -0.2) is 6.18 Å². The van der Waals surface area contributed by atoms with Crippen LogP contribution in [0.2, 0.25) is 0 Å². The zero-order valence-electron chi connectivity index (χ0n) is 8.30. The second-order valence-corrected chi connectivity index (χ2v) is 4.14. The summed E-state index contributed by atoms with van der Waals surface area (Å²) >= 11 is 3.26. The molecule has 0 aliphatic carbocycles. The predicted molar refractivity (Wildman–Crippen MR) is 63.6 cm³/mol. The van der Waals surface area contributed by atoms with E-state index in [2.05, 4.69) is 15.9 Å². The van der Waals surface area contributed by atoms with E-state index in [0.29, 0.717) is 5.56 Å². The minimum Gasteiger partial charge on any atom is -0.324 e. The van der Waals surface area contributed by atoms with Crippen LogP contribution in [0.1, 0.15) is 24.4 Å². The number of hydrogen-bond acceptors (Lipinski definition) is 1. The van der Waals surface area contributed by atoms with Gasteiger partial charge in [-0.3, -0.25) is 0 Å². The molecule has 0 saturated heterocycles. The van der Waals surface area contributed by atoms with E-state index in [9.17, 15) is 13.2 Å². The number of hydrogen-bond donors (Lipinski definition) is 1. The minimum atomic E-state index is -4.14. The first-order chi connectivity index (χ1) is 6.90. The second kappa shape index (κ2) is 6.47. The Morgan fingerprint density at radius 2 is 1.81 bits per heavy atom. The lowest BCUT2D eigenvalue weighted by Crippen LogP contribution is -2.16. The quantitative estimate of drug-likeness (QED) is 0.887. The summed E-state index contributed by atoms with van der Waals surface area (Å²) < 4.78 is 36.6. The zero-order chi connectivity index (χ0) is 11.5. The molecule has 92 valence electrons. The Kier molecular flexibility index (Phi) is 6.36. The van der Waals surface area contributed by atoms with Gasteiger partial charge in [0.2, 0.25) is 0 Å². The third kappa shape index (κ3) is 5.18. The van der Waals surface area contributed by atoms with E-state index >= 15 is 0 Å². The van der Waals surface area contributed by atoms with Gasteiger partial charge in [-0.05, 0) is 18.1 Å². The minimum absolute atomic E-state index is 0. The van der Waals surface area contributed by atoms with Crippen molar-refractivity contribution in [3.63, 3.8) is 0 Å². The Labute approximate surface area is 107 Å². The molecular formula is C10H12BrClF3N. The number of benzene rings is 1. The Morgan fingerprint density at radius 3 is 2.31 bits per heavy atom. The Morgan fingerprint density at radius 1 is 1.25 bits per heavy atom. The standard InChI is InChI=1S/C10H11BrF3N.ClH/c11-8-4-2-1-3-7(8)9(15)5-6-10(12,13)14;/h1-4,9H,5-6,15H2;1H/t9-;/m1./s1. The molecule has 0 heterocycles. The van der Waals surface area contributed by atoms with Gasteiger partial charge < -0.3 is 5.73 Å². The molecule has 0 amide bonds. The molecule has 1 aromatic carbocycles. The van der Waals surface area contributed by atoms with E-state index in [1.807, 2.05) is 0 Å². The predicted octanol–water partition coefficient (Wildman–Crippen LogP) is 4.21. The fraction of sp³-hybridized carbons (Fsp3) is 0.400. The molecule has 2 N–H and O–H groups in total. The largest absolute Gasteiger partial charge is 0.389 e. The second-order valence-electron chi connectivity index (χ2n) is 3.28. The summed E-state index contributed by atoms with van der Waals surface area (Å²) in [5, 5.41) is 0. The SMILES string of the molecule is Cl.N[C@H](CCC(F)(F)F)c1ccccc1Br. The molecule has 0 saturated carbocycles. The normalized spacial score (nSPS) is 13.1. The van der Waals surface area contributed by atoms with Crippen molar-refractivity contribution in [1.82, 2.24) is 0 Å². The van der Waals surface area contributed by atoms with Gasteiger partial charge in [-0.2, -0.15) is 13.2 Å². The van der Waals surface area contributed by atoms with Gasteiger partial charge in [0.25, 0.3) is 0 Å². The molecule has 1 aromatic rings. The summed E-state index contributed by atoms with van der Waals surface area (Å²) in [7, 11) is 0. The Bertz CT molecular complexity index is 330. The molecule has 0 spiro atoms. The van der Waals surface area contributed by atoms with Crippen LogP contribution in [0.5, 0.6) is 0 Å². The van der Waals surface area contributed by atoms with Crippen molar-refractivity contribution in [2.24, 2.45) is 5.73 Å². The van der Waals surface area contributed by atoms with Crippen molar-refractivity contribution in [2.75, 3.05) is 0 Å². The molecule has 0 radical (unpaired) electrons. The van der Waals surface area contributed by atoms with Gasteiger partial charge in [-0.15, -0.1) is 12.4 Å². The Balaban J connectivity index is 0.00000225. The van der Waals surface area contributed by atoms with E-state index in [-0.39, 0.29) is 18.8 Å². The molecule has 6 heteroatoms. The summed E-state index contributed by atoms with van der Waals surface area (Å²) in [5.74, 6) is 0. The average Bonchev–Trinajstić information content (AvgIpc) is 2.14. The number of alkyl halides is 3. The van der Waals surface area contributed by atoms with Crippen LogP contribution in [0.25, 0.3) is 0 Å². The van der Waals surface area contributed by atoms with Crippen LogP contribution in [0.4, 0.5) is 13.2 Å². The van der Waals surface area contributed by atoms with Gasteiger partial charge in [0, 0.05) is 16.9 Å². The molecule has 0 aliphatic heterocycles. The molecule has 1 nitrogen and oxygen atoms in total. The maximum Gasteiger partial charge on any atom is 0.389 e.